The zero-order valence-electron chi connectivity index (χ0n) is 35.7. The van der Waals surface area contributed by atoms with Gasteiger partial charge in [-0.2, -0.15) is 0 Å². The molecule has 1 unspecified atom stereocenters. The first-order valence-corrected chi connectivity index (χ1v) is 22.4. The Kier molecular flexibility index (Phi) is 41.1. The van der Waals surface area contributed by atoms with Crippen molar-refractivity contribution >= 4 is 17.9 Å². The summed E-state index contributed by atoms with van der Waals surface area (Å²) in [5.41, 5.74) is 0. The van der Waals surface area contributed by atoms with Crippen LogP contribution < -0.4 is 0 Å². The van der Waals surface area contributed by atoms with Gasteiger partial charge in [0.05, 0.1) is 0 Å². The summed E-state index contributed by atoms with van der Waals surface area (Å²) in [4.78, 5) is 37.5. The number of ether oxygens (including phenoxy) is 3. The van der Waals surface area contributed by atoms with E-state index in [1.54, 1.807) is 0 Å². The summed E-state index contributed by atoms with van der Waals surface area (Å²) < 4.78 is 16.6. The van der Waals surface area contributed by atoms with Crippen molar-refractivity contribution in [3.63, 3.8) is 0 Å². The Hall–Kier alpha value is -3.15. The summed E-state index contributed by atoms with van der Waals surface area (Å²) in [7, 11) is 0. The van der Waals surface area contributed by atoms with E-state index in [0.29, 0.717) is 19.3 Å². The molecule has 0 N–H and O–H groups in total. The molecule has 0 bridgehead atoms. The second kappa shape index (κ2) is 43.6. The van der Waals surface area contributed by atoms with Crippen molar-refractivity contribution in [3.05, 3.63) is 72.9 Å². The monoisotopic (exact) mass is 767 g/mol. The van der Waals surface area contributed by atoms with Gasteiger partial charge in [0.1, 0.15) is 13.2 Å². The van der Waals surface area contributed by atoms with E-state index in [9.17, 15) is 14.4 Å². The zero-order chi connectivity index (χ0) is 40.1. The average molecular weight is 767 g/mol. The molecule has 0 radical (unpaired) electrons. The minimum absolute atomic E-state index is 0.0877. The summed E-state index contributed by atoms with van der Waals surface area (Å²) in [5, 5.41) is 0. The van der Waals surface area contributed by atoms with Gasteiger partial charge in [-0.05, 0) is 83.5 Å². The summed E-state index contributed by atoms with van der Waals surface area (Å²) in [6, 6.07) is 0. The highest BCUT2D eigenvalue weighted by atomic mass is 16.6. The number of carbonyl (C=O) groups excluding carboxylic acids is 3. The van der Waals surface area contributed by atoms with Crippen LogP contribution in [0.25, 0.3) is 0 Å². The highest BCUT2D eigenvalue weighted by molar-refractivity contribution is 5.71. The van der Waals surface area contributed by atoms with Crippen LogP contribution in [0.5, 0.6) is 0 Å². The van der Waals surface area contributed by atoms with Gasteiger partial charge in [-0.15, -0.1) is 0 Å². The molecule has 0 rings (SSSR count). The molecule has 6 heteroatoms. The molecular formula is C49H82O6. The summed E-state index contributed by atoms with van der Waals surface area (Å²) in [6.07, 6.45) is 53.4. The van der Waals surface area contributed by atoms with Gasteiger partial charge in [-0.1, -0.05) is 171 Å². The molecule has 0 aromatic carbocycles. The number of esters is 3. The van der Waals surface area contributed by atoms with E-state index in [1.807, 2.05) is 0 Å². The van der Waals surface area contributed by atoms with Crippen LogP contribution >= 0.6 is 0 Å². The molecule has 0 aliphatic rings. The fourth-order valence-corrected chi connectivity index (χ4v) is 5.82. The molecule has 0 amide bonds. The summed E-state index contributed by atoms with van der Waals surface area (Å²) in [6.45, 7) is 6.33. The smallest absolute Gasteiger partial charge is 0.306 e. The van der Waals surface area contributed by atoms with Crippen molar-refractivity contribution in [1.82, 2.24) is 0 Å². The molecule has 0 heterocycles. The van der Waals surface area contributed by atoms with E-state index in [2.05, 4.69) is 93.7 Å². The SMILES string of the molecule is CC/C=C\C/C=C\C/C=C\C/C=C\CCCCCCCCC(=O)OCC(COC(=O)CCCCCCC)OC(=O)CCCCCCC/C=C\C/C=C\CCC. The molecule has 314 valence electrons. The molecule has 0 fully saturated rings. The van der Waals surface area contributed by atoms with Crippen LogP contribution in [-0.4, -0.2) is 37.2 Å². The Balaban J connectivity index is 4.26. The standard InChI is InChI=1S/C49H82O6/c1-4-7-10-13-15-17-19-21-22-23-24-25-26-28-29-31-33-36-39-42-48(51)54-45-46(44-53-47(50)41-38-35-12-9-6-3)55-49(52)43-40-37-34-32-30-27-20-18-16-14-11-8-5-2/h7,10-11,14-15,17-18,20-22,24-25,46H,4-6,8-9,12-13,16,19,23,26-45H2,1-3H3/b10-7-,14-11-,17-15-,20-18-,22-21-,25-24-. The van der Waals surface area contributed by atoms with Gasteiger partial charge in [-0.25, -0.2) is 0 Å². The van der Waals surface area contributed by atoms with Crippen LogP contribution in [0.15, 0.2) is 72.9 Å². The van der Waals surface area contributed by atoms with Gasteiger partial charge < -0.3 is 14.2 Å². The Labute approximate surface area is 338 Å². The first kappa shape index (κ1) is 51.9. The van der Waals surface area contributed by atoms with Crippen molar-refractivity contribution in [2.45, 2.75) is 207 Å². The third-order valence-corrected chi connectivity index (χ3v) is 9.18. The maximum atomic E-state index is 12.6. The van der Waals surface area contributed by atoms with E-state index < -0.39 is 6.10 Å². The van der Waals surface area contributed by atoms with Crippen molar-refractivity contribution in [2.24, 2.45) is 0 Å². The Morgan fingerprint density at radius 1 is 0.382 bits per heavy atom. The van der Waals surface area contributed by atoms with Crippen molar-refractivity contribution in [2.75, 3.05) is 13.2 Å². The summed E-state index contributed by atoms with van der Waals surface area (Å²) >= 11 is 0. The van der Waals surface area contributed by atoms with Crippen LogP contribution in [0.4, 0.5) is 0 Å². The van der Waals surface area contributed by atoms with Crippen LogP contribution in [0, 0.1) is 0 Å². The fraction of sp³-hybridized carbons (Fsp3) is 0.694. The molecule has 6 nitrogen and oxygen atoms in total. The normalized spacial score (nSPS) is 12.7. The maximum Gasteiger partial charge on any atom is 0.306 e. The quantitative estimate of drug-likeness (QED) is 0.0268. The van der Waals surface area contributed by atoms with Gasteiger partial charge >= 0.3 is 17.9 Å². The van der Waals surface area contributed by atoms with Gasteiger partial charge in [0.2, 0.25) is 0 Å². The number of allylic oxidation sites excluding steroid dienone is 12. The van der Waals surface area contributed by atoms with E-state index in [0.717, 1.165) is 128 Å². The minimum Gasteiger partial charge on any atom is -0.462 e. The maximum absolute atomic E-state index is 12.6. The Morgan fingerprint density at radius 2 is 0.745 bits per heavy atom. The van der Waals surface area contributed by atoms with E-state index >= 15 is 0 Å². The first-order chi connectivity index (χ1) is 27.0. The van der Waals surface area contributed by atoms with Crippen molar-refractivity contribution in [3.8, 4) is 0 Å². The lowest BCUT2D eigenvalue weighted by molar-refractivity contribution is -0.167. The number of hydrogen-bond acceptors (Lipinski definition) is 6. The molecule has 0 aromatic heterocycles. The highest BCUT2D eigenvalue weighted by Gasteiger charge is 2.19. The molecule has 55 heavy (non-hydrogen) atoms. The largest absolute Gasteiger partial charge is 0.462 e. The molecule has 0 aliphatic carbocycles. The molecular weight excluding hydrogens is 685 g/mol. The predicted octanol–water partition coefficient (Wildman–Crippen LogP) is 14.3. The highest BCUT2D eigenvalue weighted by Crippen LogP contribution is 2.13. The average Bonchev–Trinajstić information content (AvgIpc) is 3.18. The van der Waals surface area contributed by atoms with E-state index in [4.69, 9.17) is 14.2 Å². The number of hydrogen-bond donors (Lipinski definition) is 0. The molecule has 1 atom stereocenters. The molecule has 0 aromatic rings. The molecule has 0 aliphatic heterocycles. The Morgan fingerprint density at radius 3 is 1.18 bits per heavy atom. The van der Waals surface area contributed by atoms with Gasteiger partial charge in [0.15, 0.2) is 6.10 Å². The topological polar surface area (TPSA) is 78.9 Å². The molecule has 0 saturated heterocycles. The second-order valence-electron chi connectivity index (χ2n) is 14.6. The zero-order valence-corrected chi connectivity index (χ0v) is 35.7. The number of rotatable bonds is 39. The lowest BCUT2D eigenvalue weighted by atomic mass is 10.1. The van der Waals surface area contributed by atoms with Crippen LogP contribution in [0.2, 0.25) is 0 Å². The van der Waals surface area contributed by atoms with Gasteiger partial charge in [0.25, 0.3) is 0 Å². The second-order valence-corrected chi connectivity index (χ2v) is 14.6. The van der Waals surface area contributed by atoms with Crippen molar-refractivity contribution in [1.29, 1.82) is 0 Å². The molecule has 0 spiro atoms. The lowest BCUT2D eigenvalue weighted by Crippen LogP contribution is -2.30. The molecule has 0 saturated carbocycles. The van der Waals surface area contributed by atoms with Crippen molar-refractivity contribution < 1.29 is 28.6 Å². The predicted molar refractivity (Wildman–Crippen MR) is 233 cm³/mol. The summed E-state index contributed by atoms with van der Waals surface area (Å²) in [5.74, 6) is -0.937. The van der Waals surface area contributed by atoms with Crippen LogP contribution in [-0.2, 0) is 28.6 Å². The van der Waals surface area contributed by atoms with Gasteiger partial charge in [0, 0.05) is 19.3 Å². The fourth-order valence-electron chi connectivity index (χ4n) is 5.82. The minimum atomic E-state index is -0.783. The van der Waals surface area contributed by atoms with E-state index in [1.165, 1.54) is 32.1 Å². The lowest BCUT2D eigenvalue weighted by Gasteiger charge is -2.18. The Bertz CT molecular complexity index is 1070. The van der Waals surface area contributed by atoms with Gasteiger partial charge in [-0.3, -0.25) is 14.4 Å². The third kappa shape index (κ3) is 41.8. The number of carbonyl (C=O) groups is 3. The third-order valence-electron chi connectivity index (χ3n) is 9.18. The van der Waals surface area contributed by atoms with E-state index in [-0.39, 0.29) is 31.1 Å². The van der Waals surface area contributed by atoms with Crippen LogP contribution in [0.1, 0.15) is 201 Å². The number of unbranched alkanes of at least 4 members (excludes halogenated alkanes) is 16. The van der Waals surface area contributed by atoms with Crippen LogP contribution in [0.3, 0.4) is 0 Å². The first-order valence-electron chi connectivity index (χ1n) is 22.4.